The van der Waals surface area contributed by atoms with Crippen LogP contribution in [0.4, 0.5) is 0 Å². The third-order valence-corrected chi connectivity index (χ3v) is 5.59. The maximum absolute atomic E-state index is 12.1. The minimum Gasteiger partial charge on any atom is -0.389 e. The molecule has 0 amide bonds. The highest BCUT2D eigenvalue weighted by Gasteiger charge is 2.28. The van der Waals surface area contributed by atoms with Crippen molar-refractivity contribution < 1.29 is 13.5 Å². The Morgan fingerprint density at radius 3 is 2.47 bits per heavy atom. The molecule has 0 aliphatic rings. The minimum atomic E-state index is -3.45. The Balaban J connectivity index is 3.10. The normalized spacial score (nSPS) is 15.6. The van der Waals surface area contributed by atoms with Gasteiger partial charge in [0.2, 0.25) is 0 Å². The number of rotatable bonds is 4. The minimum absolute atomic E-state index is 0.240. The molecule has 0 aromatic heterocycles. The second-order valence-electron chi connectivity index (χ2n) is 4.52. The molecule has 1 atom stereocenters. The number of hydrogen-bond acceptors (Lipinski definition) is 3. The molecule has 3 nitrogen and oxygen atoms in total. The SMILES string of the molecule is CCC(C)(O)CS(=O)(=O)c1ccc(C)c(Br)c1. The highest BCUT2D eigenvalue weighted by Crippen LogP contribution is 2.24. The van der Waals surface area contributed by atoms with Gasteiger partial charge < -0.3 is 5.11 Å². The summed E-state index contributed by atoms with van der Waals surface area (Å²) in [5.74, 6) is -0.258. The third-order valence-electron chi connectivity index (χ3n) is 2.77. The Labute approximate surface area is 111 Å². The van der Waals surface area contributed by atoms with Crippen LogP contribution in [0.3, 0.4) is 0 Å². The van der Waals surface area contributed by atoms with E-state index in [1.807, 2.05) is 6.92 Å². The molecule has 1 unspecified atom stereocenters. The molecule has 0 bridgehead atoms. The van der Waals surface area contributed by atoms with Gasteiger partial charge in [-0.3, -0.25) is 0 Å². The number of halogens is 1. The molecule has 0 saturated heterocycles. The molecule has 0 radical (unpaired) electrons. The van der Waals surface area contributed by atoms with Gasteiger partial charge in [0.25, 0.3) is 0 Å². The molecule has 5 heteroatoms. The first-order valence-electron chi connectivity index (χ1n) is 5.39. The summed E-state index contributed by atoms with van der Waals surface area (Å²) in [6.07, 6.45) is 0.402. The lowest BCUT2D eigenvalue weighted by Crippen LogP contribution is -2.33. The molecular weight excluding hydrogens is 304 g/mol. The summed E-state index contributed by atoms with van der Waals surface area (Å²) < 4.78 is 24.9. The lowest BCUT2D eigenvalue weighted by atomic mass is 10.1. The summed E-state index contributed by atoms with van der Waals surface area (Å²) >= 11 is 3.31. The monoisotopic (exact) mass is 320 g/mol. The van der Waals surface area contributed by atoms with Gasteiger partial charge >= 0.3 is 0 Å². The summed E-state index contributed by atoms with van der Waals surface area (Å²) in [4.78, 5) is 0.240. The van der Waals surface area contributed by atoms with Crippen molar-refractivity contribution in [2.75, 3.05) is 5.75 Å². The second-order valence-corrected chi connectivity index (χ2v) is 7.36. The van der Waals surface area contributed by atoms with E-state index >= 15 is 0 Å². The van der Waals surface area contributed by atoms with Gasteiger partial charge in [-0.2, -0.15) is 0 Å². The molecule has 0 saturated carbocycles. The summed E-state index contributed by atoms with van der Waals surface area (Å²) in [6.45, 7) is 5.19. The molecule has 1 N–H and O–H groups in total. The quantitative estimate of drug-likeness (QED) is 0.928. The molecule has 1 aromatic rings. The zero-order valence-corrected chi connectivity index (χ0v) is 12.6. The molecule has 0 aliphatic heterocycles. The summed E-state index contributed by atoms with van der Waals surface area (Å²) in [5, 5.41) is 9.85. The Bertz CT molecular complexity index is 506. The van der Waals surface area contributed by atoms with Crippen molar-refractivity contribution in [2.45, 2.75) is 37.7 Å². The Morgan fingerprint density at radius 1 is 1.41 bits per heavy atom. The molecule has 0 spiro atoms. The van der Waals surface area contributed by atoms with E-state index in [1.54, 1.807) is 25.1 Å². The van der Waals surface area contributed by atoms with E-state index in [0.29, 0.717) is 6.42 Å². The first-order valence-corrected chi connectivity index (χ1v) is 7.84. The van der Waals surface area contributed by atoms with Crippen LogP contribution in [0.1, 0.15) is 25.8 Å². The van der Waals surface area contributed by atoms with Crippen molar-refractivity contribution in [1.82, 2.24) is 0 Å². The molecule has 1 rings (SSSR count). The molecule has 0 heterocycles. The van der Waals surface area contributed by atoms with Crippen LogP contribution in [0.2, 0.25) is 0 Å². The molecule has 0 fully saturated rings. The number of aryl methyl sites for hydroxylation is 1. The maximum atomic E-state index is 12.1. The van der Waals surface area contributed by atoms with Crippen LogP contribution < -0.4 is 0 Å². The van der Waals surface area contributed by atoms with Gasteiger partial charge in [-0.25, -0.2) is 8.42 Å². The molecular formula is C12H17BrO3S. The number of hydrogen-bond donors (Lipinski definition) is 1. The van der Waals surface area contributed by atoms with Crippen molar-refractivity contribution in [3.8, 4) is 0 Å². The second kappa shape index (κ2) is 5.08. The maximum Gasteiger partial charge on any atom is 0.181 e. The number of aliphatic hydroxyl groups is 1. The first kappa shape index (κ1) is 14.7. The number of sulfone groups is 1. The van der Waals surface area contributed by atoms with E-state index in [9.17, 15) is 13.5 Å². The topological polar surface area (TPSA) is 54.4 Å². The summed E-state index contributed by atoms with van der Waals surface area (Å²) in [7, 11) is -3.45. The molecule has 1 aromatic carbocycles. The number of benzene rings is 1. The van der Waals surface area contributed by atoms with E-state index in [0.717, 1.165) is 10.0 Å². The van der Waals surface area contributed by atoms with Crippen molar-refractivity contribution in [1.29, 1.82) is 0 Å². The molecule has 17 heavy (non-hydrogen) atoms. The predicted molar refractivity (Wildman–Crippen MR) is 71.8 cm³/mol. The smallest absolute Gasteiger partial charge is 0.181 e. The fourth-order valence-electron chi connectivity index (χ4n) is 1.36. The van der Waals surface area contributed by atoms with Gasteiger partial charge in [-0.1, -0.05) is 28.9 Å². The Hall–Kier alpha value is -0.390. The fraction of sp³-hybridized carbons (Fsp3) is 0.500. The lowest BCUT2D eigenvalue weighted by Gasteiger charge is -2.21. The molecule has 96 valence electrons. The van der Waals surface area contributed by atoms with E-state index in [-0.39, 0.29) is 10.6 Å². The first-order chi connectivity index (χ1) is 7.68. The van der Waals surface area contributed by atoms with Crippen LogP contribution in [0.5, 0.6) is 0 Å². The van der Waals surface area contributed by atoms with Crippen molar-refractivity contribution in [3.63, 3.8) is 0 Å². The van der Waals surface area contributed by atoms with E-state index < -0.39 is 15.4 Å². The average Bonchev–Trinajstić information content (AvgIpc) is 2.20. The van der Waals surface area contributed by atoms with E-state index in [2.05, 4.69) is 15.9 Å². The van der Waals surface area contributed by atoms with Gasteiger partial charge in [0, 0.05) is 4.47 Å². The standard InChI is InChI=1S/C12H17BrO3S/c1-4-12(3,14)8-17(15,16)10-6-5-9(2)11(13)7-10/h5-7,14H,4,8H2,1-3H3. The predicted octanol–water partition coefficient (Wildman–Crippen LogP) is 2.69. The van der Waals surface area contributed by atoms with Crippen LogP contribution in [0.15, 0.2) is 27.6 Å². The fourth-order valence-corrected chi connectivity index (χ4v) is 3.65. The Morgan fingerprint density at radius 2 is 2.00 bits per heavy atom. The van der Waals surface area contributed by atoms with Crippen molar-refractivity contribution >= 4 is 25.8 Å². The summed E-state index contributed by atoms with van der Waals surface area (Å²) in [5.41, 5.74) is -0.206. The molecule has 0 aliphatic carbocycles. The van der Waals surface area contributed by atoms with E-state index in [1.165, 1.54) is 6.92 Å². The highest BCUT2D eigenvalue weighted by molar-refractivity contribution is 9.10. The van der Waals surface area contributed by atoms with Crippen molar-refractivity contribution in [3.05, 3.63) is 28.2 Å². The van der Waals surface area contributed by atoms with Gasteiger partial charge in [-0.15, -0.1) is 0 Å². The van der Waals surface area contributed by atoms with Gasteiger partial charge in [-0.05, 0) is 38.0 Å². The van der Waals surface area contributed by atoms with Gasteiger partial charge in [0.05, 0.1) is 16.2 Å². The largest absolute Gasteiger partial charge is 0.389 e. The van der Waals surface area contributed by atoms with Crippen LogP contribution >= 0.6 is 15.9 Å². The van der Waals surface area contributed by atoms with Crippen molar-refractivity contribution in [2.24, 2.45) is 0 Å². The van der Waals surface area contributed by atoms with Gasteiger partial charge in [0.1, 0.15) is 0 Å². The Kier molecular flexibility index (Phi) is 4.38. The summed E-state index contributed by atoms with van der Waals surface area (Å²) in [6, 6.07) is 4.90. The van der Waals surface area contributed by atoms with Crippen LogP contribution in [-0.4, -0.2) is 24.9 Å². The van der Waals surface area contributed by atoms with Gasteiger partial charge in [0.15, 0.2) is 9.84 Å². The van der Waals surface area contributed by atoms with Crippen LogP contribution in [-0.2, 0) is 9.84 Å². The zero-order chi connectivity index (χ0) is 13.3. The van der Waals surface area contributed by atoms with Crippen LogP contribution in [0, 0.1) is 6.92 Å². The highest BCUT2D eigenvalue weighted by atomic mass is 79.9. The average molecular weight is 321 g/mol. The third kappa shape index (κ3) is 3.79. The van der Waals surface area contributed by atoms with E-state index in [4.69, 9.17) is 0 Å². The zero-order valence-electron chi connectivity index (χ0n) is 10.2. The van der Waals surface area contributed by atoms with Crippen LogP contribution in [0.25, 0.3) is 0 Å². The lowest BCUT2D eigenvalue weighted by molar-refractivity contribution is 0.0797.